The number of nitrogens with one attached hydrogen (secondary N) is 1. The summed E-state index contributed by atoms with van der Waals surface area (Å²) in [6.07, 6.45) is 1.13. The fourth-order valence-corrected chi connectivity index (χ4v) is 2.94. The first-order chi connectivity index (χ1) is 9.29. The molecule has 0 saturated carbocycles. The van der Waals surface area contributed by atoms with E-state index in [1.54, 1.807) is 0 Å². The van der Waals surface area contributed by atoms with Crippen molar-refractivity contribution < 1.29 is 0 Å². The van der Waals surface area contributed by atoms with Crippen molar-refractivity contribution in [3.8, 4) is 0 Å². The minimum Gasteiger partial charge on any atom is -0.338 e. The summed E-state index contributed by atoms with van der Waals surface area (Å²) in [5, 5.41) is 3.18. The van der Waals surface area contributed by atoms with Crippen molar-refractivity contribution in [2.75, 3.05) is 11.9 Å². The maximum Gasteiger partial charge on any atom is 0.0446 e. The van der Waals surface area contributed by atoms with Gasteiger partial charge in [0.2, 0.25) is 0 Å². The van der Waals surface area contributed by atoms with Crippen LogP contribution in [-0.4, -0.2) is 13.1 Å². The third-order valence-corrected chi connectivity index (χ3v) is 3.80. The molecule has 0 saturated heterocycles. The van der Waals surface area contributed by atoms with Gasteiger partial charge in [-0.1, -0.05) is 30.3 Å². The summed E-state index contributed by atoms with van der Waals surface area (Å²) in [5.41, 5.74) is 5.43. The second-order valence-electron chi connectivity index (χ2n) is 5.25. The number of fused-ring (bicyclic) bond motifs is 1. The molecular formula is C17H20N2. The Morgan fingerprint density at radius 2 is 1.84 bits per heavy atom. The zero-order valence-electron chi connectivity index (χ0n) is 11.6. The number of hydrogen-bond donors (Lipinski definition) is 1. The predicted octanol–water partition coefficient (Wildman–Crippen LogP) is 3.49. The third kappa shape index (κ3) is 2.24. The summed E-state index contributed by atoms with van der Waals surface area (Å²) < 4.78 is 0. The van der Waals surface area contributed by atoms with Crippen LogP contribution >= 0.6 is 0 Å². The van der Waals surface area contributed by atoms with E-state index in [9.17, 15) is 0 Å². The fourth-order valence-electron chi connectivity index (χ4n) is 2.94. The summed E-state index contributed by atoms with van der Waals surface area (Å²) in [6.45, 7) is 3.22. The second-order valence-corrected chi connectivity index (χ2v) is 5.25. The molecule has 1 aliphatic heterocycles. The molecular weight excluding hydrogens is 232 g/mol. The van der Waals surface area contributed by atoms with Crippen LogP contribution in [0.2, 0.25) is 0 Å². The van der Waals surface area contributed by atoms with Crippen LogP contribution in [0.5, 0.6) is 0 Å². The Morgan fingerprint density at radius 3 is 2.58 bits per heavy atom. The van der Waals surface area contributed by atoms with E-state index in [0.29, 0.717) is 6.04 Å². The molecule has 19 heavy (non-hydrogen) atoms. The van der Waals surface area contributed by atoms with Crippen molar-refractivity contribution in [2.24, 2.45) is 0 Å². The van der Waals surface area contributed by atoms with Crippen molar-refractivity contribution in [3.05, 3.63) is 59.7 Å². The van der Waals surface area contributed by atoms with E-state index in [2.05, 4.69) is 65.7 Å². The van der Waals surface area contributed by atoms with E-state index in [4.69, 9.17) is 0 Å². The molecule has 0 radical (unpaired) electrons. The molecule has 0 bridgehead atoms. The lowest BCUT2D eigenvalue weighted by molar-refractivity contribution is 0.758. The average molecular weight is 252 g/mol. The Labute approximate surface area is 115 Å². The highest BCUT2D eigenvalue weighted by molar-refractivity contribution is 5.71. The standard InChI is InChI=1S/C17H20N2/c1-13-11-15-5-3-4-6-17(15)19(13)16-9-7-14(8-10-16)12-18-2/h3-10,13,18H,11-12H2,1-2H3. The molecule has 2 aromatic rings. The first-order valence-corrected chi connectivity index (χ1v) is 6.90. The summed E-state index contributed by atoms with van der Waals surface area (Å²) in [7, 11) is 1.98. The first kappa shape index (κ1) is 12.2. The molecule has 0 spiro atoms. The van der Waals surface area contributed by atoms with Crippen LogP contribution in [0, 0.1) is 0 Å². The SMILES string of the molecule is CNCc1ccc(N2c3ccccc3CC2C)cc1. The van der Waals surface area contributed by atoms with E-state index in [-0.39, 0.29) is 0 Å². The Balaban J connectivity index is 1.93. The highest BCUT2D eigenvalue weighted by Crippen LogP contribution is 2.37. The summed E-state index contributed by atoms with van der Waals surface area (Å²) in [5.74, 6) is 0. The van der Waals surface area contributed by atoms with Crippen molar-refractivity contribution >= 4 is 11.4 Å². The lowest BCUT2D eigenvalue weighted by Gasteiger charge is -2.25. The largest absolute Gasteiger partial charge is 0.338 e. The third-order valence-electron chi connectivity index (χ3n) is 3.80. The number of nitrogens with zero attached hydrogens (tertiary/aromatic N) is 1. The van der Waals surface area contributed by atoms with Gasteiger partial charge < -0.3 is 10.2 Å². The van der Waals surface area contributed by atoms with Crippen LogP contribution in [0.15, 0.2) is 48.5 Å². The molecule has 0 fully saturated rings. The highest BCUT2D eigenvalue weighted by Gasteiger charge is 2.26. The average Bonchev–Trinajstić information content (AvgIpc) is 2.76. The molecule has 2 heteroatoms. The number of rotatable bonds is 3. The topological polar surface area (TPSA) is 15.3 Å². The Morgan fingerprint density at radius 1 is 1.11 bits per heavy atom. The van der Waals surface area contributed by atoms with Crippen LogP contribution in [-0.2, 0) is 13.0 Å². The Bertz CT molecular complexity index is 560. The first-order valence-electron chi connectivity index (χ1n) is 6.90. The minimum atomic E-state index is 0.535. The van der Waals surface area contributed by atoms with Gasteiger partial charge in [-0.2, -0.15) is 0 Å². The quantitative estimate of drug-likeness (QED) is 0.899. The smallest absolute Gasteiger partial charge is 0.0446 e. The van der Waals surface area contributed by atoms with Gasteiger partial charge in [-0.3, -0.25) is 0 Å². The zero-order valence-corrected chi connectivity index (χ0v) is 11.6. The zero-order chi connectivity index (χ0) is 13.2. The van der Waals surface area contributed by atoms with E-state index in [1.165, 1.54) is 22.5 Å². The maximum absolute atomic E-state index is 3.18. The highest BCUT2D eigenvalue weighted by atomic mass is 15.2. The molecule has 2 aromatic carbocycles. The van der Waals surface area contributed by atoms with Crippen LogP contribution in [0.25, 0.3) is 0 Å². The normalized spacial score (nSPS) is 17.6. The minimum absolute atomic E-state index is 0.535. The second kappa shape index (κ2) is 5.06. The predicted molar refractivity (Wildman–Crippen MR) is 81.0 cm³/mol. The van der Waals surface area contributed by atoms with E-state index in [0.717, 1.165) is 13.0 Å². The molecule has 0 amide bonds. The lowest BCUT2D eigenvalue weighted by Crippen LogP contribution is -2.23. The van der Waals surface area contributed by atoms with Gasteiger partial charge in [0.1, 0.15) is 0 Å². The number of para-hydroxylation sites is 1. The van der Waals surface area contributed by atoms with Gasteiger partial charge in [0.25, 0.3) is 0 Å². The summed E-state index contributed by atoms with van der Waals surface area (Å²) in [4.78, 5) is 2.44. The van der Waals surface area contributed by atoms with Gasteiger partial charge in [-0.15, -0.1) is 0 Å². The number of benzene rings is 2. The molecule has 3 rings (SSSR count). The van der Waals surface area contributed by atoms with Crippen LogP contribution in [0.4, 0.5) is 11.4 Å². The van der Waals surface area contributed by atoms with Gasteiger partial charge >= 0.3 is 0 Å². The molecule has 1 N–H and O–H groups in total. The summed E-state index contributed by atoms with van der Waals surface area (Å²) in [6, 6.07) is 18.1. The van der Waals surface area contributed by atoms with E-state index in [1.807, 2.05) is 7.05 Å². The maximum atomic E-state index is 3.18. The fraction of sp³-hybridized carbons (Fsp3) is 0.294. The Kier molecular flexibility index (Phi) is 3.26. The van der Waals surface area contributed by atoms with Gasteiger partial charge in [0.15, 0.2) is 0 Å². The van der Waals surface area contributed by atoms with E-state index >= 15 is 0 Å². The molecule has 1 atom stereocenters. The number of anilines is 2. The molecule has 0 aliphatic carbocycles. The molecule has 98 valence electrons. The van der Waals surface area contributed by atoms with Gasteiger partial charge in [-0.25, -0.2) is 0 Å². The van der Waals surface area contributed by atoms with Crippen LogP contribution < -0.4 is 10.2 Å². The number of hydrogen-bond acceptors (Lipinski definition) is 2. The van der Waals surface area contributed by atoms with Crippen LogP contribution in [0.1, 0.15) is 18.1 Å². The van der Waals surface area contributed by atoms with Crippen molar-refractivity contribution in [2.45, 2.75) is 25.9 Å². The molecule has 1 aliphatic rings. The molecule has 0 aromatic heterocycles. The lowest BCUT2D eigenvalue weighted by atomic mass is 10.1. The van der Waals surface area contributed by atoms with Gasteiger partial charge in [0.05, 0.1) is 0 Å². The van der Waals surface area contributed by atoms with Crippen LogP contribution in [0.3, 0.4) is 0 Å². The monoisotopic (exact) mass is 252 g/mol. The van der Waals surface area contributed by atoms with E-state index < -0.39 is 0 Å². The molecule has 1 heterocycles. The Hall–Kier alpha value is -1.80. The molecule has 1 unspecified atom stereocenters. The molecule has 2 nitrogen and oxygen atoms in total. The van der Waals surface area contributed by atoms with Crippen molar-refractivity contribution in [3.63, 3.8) is 0 Å². The van der Waals surface area contributed by atoms with Crippen molar-refractivity contribution in [1.29, 1.82) is 0 Å². The van der Waals surface area contributed by atoms with Crippen molar-refractivity contribution in [1.82, 2.24) is 5.32 Å². The van der Waals surface area contributed by atoms with Gasteiger partial charge in [0, 0.05) is 24.0 Å². The van der Waals surface area contributed by atoms with Gasteiger partial charge in [-0.05, 0) is 49.7 Å². The summed E-state index contributed by atoms with van der Waals surface area (Å²) >= 11 is 0.